The van der Waals surface area contributed by atoms with Crippen LogP contribution in [0, 0.1) is 5.92 Å². The number of ether oxygens (including phenoxy) is 4. The van der Waals surface area contributed by atoms with E-state index in [1.165, 1.54) is 31.9 Å². The van der Waals surface area contributed by atoms with Crippen LogP contribution in [-0.2, 0) is 27.1 Å². The monoisotopic (exact) mass is 564 g/mol. The molecule has 3 aromatic rings. The van der Waals surface area contributed by atoms with E-state index in [2.05, 4.69) is 28.5 Å². The molecule has 0 fully saturated rings. The number of nitrogens with zero attached hydrogens (tertiary/aromatic N) is 1. The minimum Gasteiger partial charge on any atom is -0.503 e. The number of aromatic nitrogens is 1. The summed E-state index contributed by atoms with van der Waals surface area (Å²) >= 11 is 0. The fourth-order valence-electron chi connectivity index (χ4n) is 4.43. The maximum Gasteiger partial charge on any atom is 0.328 e. The molecule has 1 amide bonds. The molecule has 1 heterocycles. The van der Waals surface area contributed by atoms with E-state index >= 15 is 0 Å². The summed E-state index contributed by atoms with van der Waals surface area (Å²) in [6, 6.07) is 16.8. The first kappa shape index (κ1) is 31.4. The molecule has 220 valence electrons. The molecule has 0 saturated carbocycles. The van der Waals surface area contributed by atoms with Gasteiger partial charge in [0, 0.05) is 31.2 Å². The summed E-state index contributed by atoms with van der Waals surface area (Å²) in [5.74, 6) is -0.929. The molecule has 0 spiro atoms. The Morgan fingerprint density at radius 3 is 2.39 bits per heavy atom. The summed E-state index contributed by atoms with van der Waals surface area (Å²) in [4.78, 5) is 29.5. The maximum absolute atomic E-state index is 13.0. The molecular formula is C32H40N2O7. The van der Waals surface area contributed by atoms with Crippen LogP contribution in [0.3, 0.4) is 0 Å². The molecule has 0 aliphatic carbocycles. The minimum atomic E-state index is -0.979. The largest absolute Gasteiger partial charge is 0.503 e. The standard InChI is InChI=1S/C32H40N2O7/c1-6-16-40-20-26(19-24-12-13-27(38-4)25(18-24)17-23-10-8-7-9-11-23)22(3)41-32(37)21(2)34-31(36)29-30(35)28(39-5)14-15-33-29/h7-15,18,21-22,26,35H,6,16-17,19-20H2,1-5H3,(H,34,36)/t21-,22-,26+/m0/s1. The van der Waals surface area contributed by atoms with E-state index in [1.807, 2.05) is 44.2 Å². The molecule has 0 aliphatic rings. The van der Waals surface area contributed by atoms with Crippen molar-refractivity contribution >= 4 is 11.9 Å². The van der Waals surface area contributed by atoms with Gasteiger partial charge in [-0.05, 0) is 49.4 Å². The average Bonchev–Trinajstić information content (AvgIpc) is 2.97. The van der Waals surface area contributed by atoms with Crippen molar-refractivity contribution in [2.24, 2.45) is 5.92 Å². The van der Waals surface area contributed by atoms with Crippen molar-refractivity contribution in [1.29, 1.82) is 0 Å². The lowest BCUT2D eigenvalue weighted by molar-refractivity contribution is -0.153. The molecule has 41 heavy (non-hydrogen) atoms. The number of amides is 1. The molecule has 0 radical (unpaired) electrons. The molecule has 9 nitrogen and oxygen atoms in total. The van der Waals surface area contributed by atoms with Gasteiger partial charge in [-0.2, -0.15) is 0 Å². The number of aromatic hydroxyl groups is 1. The number of nitrogens with one attached hydrogen (secondary N) is 1. The zero-order valence-corrected chi connectivity index (χ0v) is 24.4. The van der Waals surface area contributed by atoms with Gasteiger partial charge < -0.3 is 29.4 Å². The third-order valence-electron chi connectivity index (χ3n) is 6.75. The van der Waals surface area contributed by atoms with Gasteiger partial charge in [-0.25, -0.2) is 9.78 Å². The number of rotatable bonds is 15. The summed E-state index contributed by atoms with van der Waals surface area (Å²) in [6.45, 7) is 6.40. The molecule has 1 aromatic heterocycles. The maximum atomic E-state index is 13.0. The molecule has 0 unspecified atom stereocenters. The molecule has 2 aromatic carbocycles. The zero-order valence-electron chi connectivity index (χ0n) is 24.4. The second-order valence-corrected chi connectivity index (χ2v) is 9.90. The topological polar surface area (TPSA) is 116 Å². The first-order chi connectivity index (χ1) is 19.8. The van der Waals surface area contributed by atoms with Crippen LogP contribution < -0.4 is 14.8 Å². The van der Waals surface area contributed by atoms with Gasteiger partial charge >= 0.3 is 5.97 Å². The summed E-state index contributed by atoms with van der Waals surface area (Å²) < 4.78 is 22.3. The number of pyridine rings is 1. The summed E-state index contributed by atoms with van der Waals surface area (Å²) in [5.41, 5.74) is 3.08. The molecule has 3 atom stereocenters. The highest BCUT2D eigenvalue weighted by Gasteiger charge is 2.27. The molecular weight excluding hydrogens is 524 g/mol. The number of hydrogen-bond acceptors (Lipinski definition) is 8. The van der Waals surface area contributed by atoms with Gasteiger partial charge in [0.15, 0.2) is 17.2 Å². The van der Waals surface area contributed by atoms with E-state index in [-0.39, 0.29) is 17.4 Å². The first-order valence-corrected chi connectivity index (χ1v) is 13.8. The molecule has 9 heteroatoms. The summed E-state index contributed by atoms with van der Waals surface area (Å²) in [6.07, 6.45) is 3.06. The normalized spacial score (nSPS) is 13.1. The van der Waals surface area contributed by atoms with E-state index in [0.29, 0.717) is 19.6 Å². The Kier molecular flexibility index (Phi) is 12.0. The van der Waals surface area contributed by atoms with E-state index in [0.717, 1.165) is 29.7 Å². The lowest BCUT2D eigenvalue weighted by Gasteiger charge is -2.26. The Labute approximate surface area is 241 Å². The third-order valence-corrected chi connectivity index (χ3v) is 6.75. The fourth-order valence-corrected chi connectivity index (χ4v) is 4.43. The van der Waals surface area contributed by atoms with Gasteiger partial charge in [-0.1, -0.05) is 49.4 Å². The molecule has 3 rings (SSSR count). The van der Waals surface area contributed by atoms with Crippen LogP contribution >= 0.6 is 0 Å². The van der Waals surface area contributed by atoms with Crippen molar-refractivity contribution in [2.45, 2.75) is 52.2 Å². The van der Waals surface area contributed by atoms with E-state index in [4.69, 9.17) is 18.9 Å². The minimum absolute atomic E-state index is 0.106. The predicted octanol–water partition coefficient (Wildman–Crippen LogP) is 4.73. The Bertz CT molecular complexity index is 1280. The van der Waals surface area contributed by atoms with Gasteiger partial charge in [-0.15, -0.1) is 0 Å². The Morgan fingerprint density at radius 2 is 1.71 bits per heavy atom. The van der Waals surface area contributed by atoms with Gasteiger partial charge in [0.05, 0.1) is 20.8 Å². The van der Waals surface area contributed by atoms with Crippen LogP contribution in [0.5, 0.6) is 17.2 Å². The SMILES string of the molecule is CCCOC[C@@H](Cc1ccc(OC)c(Cc2ccccc2)c1)[C@H](C)OC(=O)[C@H](C)NC(=O)c1nccc(OC)c1O. The second kappa shape index (κ2) is 15.6. The average molecular weight is 565 g/mol. The lowest BCUT2D eigenvalue weighted by atomic mass is 9.93. The highest BCUT2D eigenvalue weighted by atomic mass is 16.5. The first-order valence-electron chi connectivity index (χ1n) is 13.8. The number of methoxy groups -OCH3 is 2. The van der Waals surface area contributed by atoms with Crippen molar-refractivity contribution in [3.8, 4) is 17.2 Å². The lowest BCUT2D eigenvalue weighted by Crippen LogP contribution is -2.42. The van der Waals surface area contributed by atoms with Gasteiger partial charge in [0.1, 0.15) is 17.9 Å². The van der Waals surface area contributed by atoms with E-state index in [9.17, 15) is 14.7 Å². The van der Waals surface area contributed by atoms with Crippen LogP contribution in [0.4, 0.5) is 0 Å². The van der Waals surface area contributed by atoms with Crippen molar-refractivity contribution in [1.82, 2.24) is 10.3 Å². The van der Waals surface area contributed by atoms with Crippen molar-refractivity contribution in [3.63, 3.8) is 0 Å². The van der Waals surface area contributed by atoms with Gasteiger partial charge in [0.2, 0.25) is 0 Å². The Morgan fingerprint density at radius 1 is 0.976 bits per heavy atom. The van der Waals surface area contributed by atoms with Gasteiger partial charge in [-0.3, -0.25) is 4.79 Å². The highest BCUT2D eigenvalue weighted by molar-refractivity contribution is 5.97. The summed E-state index contributed by atoms with van der Waals surface area (Å²) in [5, 5.41) is 12.8. The third kappa shape index (κ3) is 8.94. The van der Waals surface area contributed by atoms with Crippen LogP contribution in [0.15, 0.2) is 60.8 Å². The van der Waals surface area contributed by atoms with Crippen molar-refractivity contribution in [3.05, 3.63) is 83.2 Å². The highest BCUT2D eigenvalue weighted by Crippen LogP contribution is 2.28. The zero-order chi connectivity index (χ0) is 29.8. The van der Waals surface area contributed by atoms with E-state index in [1.54, 1.807) is 7.11 Å². The fraction of sp³-hybridized carbons (Fsp3) is 0.406. The molecule has 0 saturated heterocycles. The van der Waals surface area contributed by atoms with Crippen molar-refractivity contribution in [2.75, 3.05) is 27.4 Å². The molecule has 2 N–H and O–H groups in total. The van der Waals surface area contributed by atoms with Crippen LogP contribution in [0.2, 0.25) is 0 Å². The second-order valence-electron chi connectivity index (χ2n) is 9.90. The quantitative estimate of drug-likeness (QED) is 0.201. The van der Waals surface area contributed by atoms with E-state index < -0.39 is 29.8 Å². The smallest absolute Gasteiger partial charge is 0.328 e. The predicted molar refractivity (Wildman–Crippen MR) is 155 cm³/mol. The van der Waals surface area contributed by atoms with Crippen LogP contribution in [0.1, 0.15) is 54.4 Å². The number of hydrogen-bond donors (Lipinski definition) is 2. The van der Waals surface area contributed by atoms with Crippen molar-refractivity contribution < 1.29 is 33.6 Å². The van der Waals surface area contributed by atoms with Crippen LogP contribution in [0.25, 0.3) is 0 Å². The Hall–Kier alpha value is -4.11. The number of benzene rings is 2. The van der Waals surface area contributed by atoms with Gasteiger partial charge in [0.25, 0.3) is 5.91 Å². The van der Waals surface area contributed by atoms with Crippen LogP contribution in [-0.4, -0.2) is 61.5 Å². The Balaban J connectivity index is 1.70. The molecule has 0 aliphatic heterocycles. The molecule has 0 bridgehead atoms. The number of carbonyl (C=O) groups excluding carboxylic acids is 2. The number of carbonyl (C=O) groups is 2. The summed E-state index contributed by atoms with van der Waals surface area (Å²) in [7, 11) is 3.03. The number of esters is 1.